The van der Waals surface area contributed by atoms with Crippen LogP contribution in [0.3, 0.4) is 0 Å². The summed E-state index contributed by atoms with van der Waals surface area (Å²) in [5.41, 5.74) is 0. The number of aliphatic hydroxyl groups is 2. The van der Waals surface area contributed by atoms with Gasteiger partial charge in [-0.1, -0.05) is 252 Å². The molecule has 3 N–H and O–H groups in total. The Morgan fingerprint density at radius 2 is 0.853 bits per heavy atom. The average Bonchev–Trinajstić information content (AvgIpc) is 3.33. The maximum atomic E-state index is 13.3. The van der Waals surface area contributed by atoms with Crippen molar-refractivity contribution in [3.8, 4) is 0 Å². The summed E-state index contributed by atoms with van der Waals surface area (Å²) in [6.45, 7) is 6.32. The van der Waals surface area contributed by atoms with Crippen LogP contribution in [-0.4, -0.2) is 46.9 Å². The van der Waals surface area contributed by atoms with Gasteiger partial charge >= 0.3 is 5.97 Å². The average molecular weight is 945 g/mol. The van der Waals surface area contributed by atoms with Crippen LogP contribution in [0.5, 0.6) is 0 Å². The number of unbranched alkanes of at least 4 members (excludes halogenated alkanes) is 22. The summed E-state index contributed by atoms with van der Waals surface area (Å²) in [5.74, 6) is -0.587. The molecule has 0 aromatic rings. The van der Waals surface area contributed by atoms with E-state index in [9.17, 15) is 19.8 Å². The number of hydrogen-bond donors (Lipinski definition) is 3. The second-order valence-corrected chi connectivity index (χ2v) is 18.7. The molecule has 0 saturated heterocycles. The van der Waals surface area contributed by atoms with E-state index < -0.39 is 18.2 Å². The van der Waals surface area contributed by atoms with Gasteiger partial charge in [0.2, 0.25) is 5.91 Å². The molecule has 0 aliphatic carbocycles. The lowest BCUT2D eigenvalue weighted by atomic mass is 10.0. The van der Waals surface area contributed by atoms with E-state index in [0.29, 0.717) is 25.7 Å². The highest BCUT2D eigenvalue weighted by atomic mass is 16.5. The summed E-state index contributed by atoms with van der Waals surface area (Å²) in [6, 6.07) is -0.734. The number of ether oxygens (including phenoxy) is 1. The normalized spacial score (nSPS) is 14.0. The lowest BCUT2D eigenvalue weighted by Gasteiger charge is -2.24. The molecule has 0 heterocycles. The molecule has 0 rings (SSSR count). The highest BCUT2D eigenvalue weighted by Gasteiger charge is 2.24. The number of hydrogen-bond acceptors (Lipinski definition) is 5. The Kier molecular flexibility index (Phi) is 51.7. The van der Waals surface area contributed by atoms with Crippen LogP contribution in [-0.2, 0) is 14.3 Å². The van der Waals surface area contributed by atoms with Crippen LogP contribution < -0.4 is 5.32 Å². The molecule has 0 aliphatic rings. The third-order valence-electron chi connectivity index (χ3n) is 12.2. The van der Waals surface area contributed by atoms with Crippen LogP contribution in [0.25, 0.3) is 0 Å². The molecule has 6 nitrogen and oxygen atoms in total. The monoisotopic (exact) mass is 944 g/mol. The minimum atomic E-state index is -0.816. The number of aliphatic hydroxyl groups excluding tert-OH is 2. The molecule has 3 atom stereocenters. The minimum absolute atomic E-state index is 0.0227. The topological polar surface area (TPSA) is 95.9 Å². The molecule has 6 heteroatoms. The van der Waals surface area contributed by atoms with Crippen molar-refractivity contribution >= 4 is 11.9 Å². The molecule has 388 valence electrons. The predicted molar refractivity (Wildman–Crippen MR) is 296 cm³/mol. The Morgan fingerprint density at radius 3 is 1.35 bits per heavy atom. The lowest BCUT2D eigenvalue weighted by molar-refractivity contribution is -0.151. The third-order valence-corrected chi connectivity index (χ3v) is 12.2. The molecule has 0 aromatic carbocycles. The van der Waals surface area contributed by atoms with Crippen LogP contribution in [0.15, 0.2) is 109 Å². The van der Waals surface area contributed by atoms with Gasteiger partial charge in [-0.05, 0) is 89.9 Å². The van der Waals surface area contributed by atoms with E-state index in [1.165, 1.54) is 103 Å². The standard InChI is InChI=1S/C62H105NO5/c1-4-7-10-13-16-19-22-25-28-31-34-37-40-43-46-49-52-55-62(67)68-58(53-50-47-44-41-38-35-32-29-26-23-20-17-14-11-8-5-2)56-61(66)63-59(57-64)60(65)54-51-48-45-42-39-36-33-30-27-24-21-18-15-12-9-6-3/h7,10,16-17,19-20,23,25-26,28-29,32,34-35,37-38,43,46,58-60,64-65H,4-6,8-9,11-15,18,21-22,24,27,30-31,33,36,39-42,44-45,47-57H2,1-3H3,(H,63,66)/b10-7-,19-16-,20-17+,26-23+,28-25-,32-29+,37-34-,38-35+,46-43-. The number of esters is 1. The third kappa shape index (κ3) is 49.0. The van der Waals surface area contributed by atoms with Crippen LogP contribution in [0.2, 0.25) is 0 Å². The molecule has 68 heavy (non-hydrogen) atoms. The van der Waals surface area contributed by atoms with Crippen molar-refractivity contribution in [3.63, 3.8) is 0 Å². The van der Waals surface area contributed by atoms with Gasteiger partial charge in [-0.15, -0.1) is 0 Å². The Labute approximate surface area is 419 Å². The summed E-state index contributed by atoms with van der Waals surface area (Å²) in [7, 11) is 0. The number of nitrogens with one attached hydrogen (secondary N) is 1. The Hall–Kier alpha value is -3.48. The number of amides is 1. The molecule has 0 aromatic heterocycles. The first-order chi connectivity index (χ1) is 33.5. The maximum absolute atomic E-state index is 13.3. The van der Waals surface area contributed by atoms with Crippen molar-refractivity contribution in [2.45, 2.75) is 264 Å². The largest absolute Gasteiger partial charge is 0.462 e. The van der Waals surface area contributed by atoms with E-state index in [-0.39, 0.29) is 24.9 Å². The van der Waals surface area contributed by atoms with E-state index in [4.69, 9.17) is 4.74 Å². The van der Waals surface area contributed by atoms with Gasteiger partial charge in [0.25, 0.3) is 0 Å². The SMILES string of the molecule is CC/C=C\C/C=C\C/C=C\C/C=C\C/C=C\CCCC(=O)OC(CCCCC/C=C/C=C/C=C/C=C/CCCCC)CC(=O)NC(CO)C(O)CCCCCCCCCCCCCCCCCC. The Morgan fingerprint density at radius 1 is 0.456 bits per heavy atom. The van der Waals surface area contributed by atoms with E-state index in [1.807, 2.05) is 6.08 Å². The Bertz CT molecular complexity index is 1380. The minimum Gasteiger partial charge on any atom is -0.462 e. The maximum Gasteiger partial charge on any atom is 0.306 e. The van der Waals surface area contributed by atoms with Crippen molar-refractivity contribution in [1.29, 1.82) is 0 Å². The second kappa shape index (κ2) is 54.5. The van der Waals surface area contributed by atoms with Gasteiger partial charge in [0.1, 0.15) is 6.10 Å². The van der Waals surface area contributed by atoms with Crippen LogP contribution in [0.4, 0.5) is 0 Å². The van der Waals surface area contributed by atoms with Gasteiger partial charge < -0.3 is 20.3 Å². The molecule has 0 saturated carbocycles. The fourth-order valence-corrected chi connectivity index (χ4v) is 7.95. The zero-order valence-corrected chi connectivity index (χ0v) is 44.2. The molecule has 0 radical (unpaired) electrons. The van der Waals surface area contributed by atoms with Crippen molar-refractivity contribution in [2.24, 2.45) is 0 Å². The van der Waals surface area contributed by atoms with Crippen molar-refractivity contribution < 1.29 is 24.5 Å². The first-order valence-corrected chi connectivity index (χ1v) is 28.2. The zero-order valence-electron chi connectivity index (χ0n) is 44.2. The van der Waals surface area contributed by atoms with Crippen LogP contribution in [0.1, 0.15) is 245 Å². The summed E-state index contributed by atoms with van der Waals surface area (Å²) < 4.78 is 5.91. The van der Waals surface area contributed by atoms with E-state index in [2.05, 4.69) is 129 Å². The first kappa shape index (κ1) is 64.5. The fourth-order valence-electron chi connectivity index (χ4n) is 7.95. The van der Waals surface area contributed by atoms with E-state index in [0.717, 1.165) is 89.9 Å². The molecule has 0 bridgehead atoms. The Balaban J connectivity index is 4.75. The van der Waals surface area contributed by atoms with Gasteiger partial charge in [0, 0.05) is 6.42 Å². The number of rotatable bonds is 49. The summed E-state index contributed by atoms with van der Waals surface area (Å²) in [5, 5.41) is 23.9. The van der Waals surface area contributed by atoms with Gasteiger partial charge in [-0.25, -0.2) is 0 Å². The molecular formula is C62H105NO5. The van der Waals surface area contributed by atoms with E-state index >= 15 is 0 Å². The smallest absolute Gasteiger partial charge is 0.306 e. The quantitative estimate of drug-likeness (QED) is 0.0244. The molecular weight excluding hydrogens is 839 g/mol. The highest BCUT2D eigenvalue weighted by molar-refractivity contribution is 5.77. The van der Waals surface area contributed by atoms with Crippen LogP contribution in [0, 0.1) is 0 Å². The molecule has 0 spiro atoms. The fraction of sp³-hybridized carbons (Fsp3) is 0.677. The number of carbonyl (C=O) groups excluding carboxylic acids is 2. The van der Waals surface area contributed by atoms with Gasteiger partial charge in [0.15, 0.2) is 0 Å². The van der Waals surface area contributed by atoms with Gasteiger partial charge in [-0.2, -0.15) is 0 Å². The van der Waals surface area contributed by atoms with Crippen molar-refractivity contribution in [2.75, 3.05) is 6.61 Å². The predicted octanol–water partition coefficient (Wildman–Crippen LogP) is 17.5. The highest BCUT2D eigenvalue weighted by Crippen LogP contribution is 2.17. The summed E-state index contributed by atoms with van der Waals surface area (Å²) in [6.07, 6.45) is 74.3. The second-order valence-electron chi connectivity index (χ2n) is 18.7. The number of allylic oxidation sites excluding steroid dienone is 18. The number of carbonyl (C=O) groups is 2. The van der Waals surface area contributed by atoms with Gasteiger partial charge in [-0.3, -0.25) is 9.59 Å². The summed E-state index contributed by atoms with van der Waals surface area (Å²) >= 11 is 0. The van der Waals surface area contributed by atoms with Crippen molar-refractivity contribution in [3.05, 3.63) is 109 Å². The molecule has 0 fully saturated rings. The van der Waals surface area contributed by atoms with E-state index in [1.54, 1.807) is 0 Å². The molecule has 3 unspecified atom stereocenters. The van der Waals surface area contributed by atoms with Crippen molar-refractivity contribution in [1.82, 2.24) is 5.32 Å². The first-order valence-electron chi connectivity index (χ1n) is 28.2. The van der Waals surface area contributed by atoms with Gasteiger partial charge in [0.05, 0.1) is 25.2 Å². The lowest BCUT2D eigenvalue weighted by Crippen LogP contribution is -2.46. The zero-order chi connectivity index (χ0) is 49.5. The molecule has 0 aliphatic heterocycles. The summed E-state index contributed by atoms with van der Waals surface area (Å²) in [4.78, 5) is 26.2. The van der Waals surface area contributed by atoms with Crippen LogP contribution >= 0.6 is 0 Å². The molecule has 1 amide bonds.